The number of hydrogen-bond acceptors (Lipinski definition) is 5. The summed E-state index contributed by atoms with van der Waals surface area (Å²) in [6.45, 7) is 2.38. The van der Waals surface area contributed by atoms with Crippen LogP contribution in [0.25, 0.3) is 10.9 Å². The number of carbonyl (C=O) groups excluding carboxylic acids is 1. The van der Waals surface area contributed by atoms with Crippen molar-refractivity contribution < 1.29 is 4.79 Å². The van der Waals surface area contributed by atoms with E-state index in [4.69, 9.17) is 5.73 Å². The van der Waals surface area contributed by atoms with Gasteiger partial charge in [0.15, 0.2) is 0 Å². The number of nitrogens with one attached hydrogen (secondary N) is 1. The summed E-state index contributed by atoms with van der Waals surface area (Å²) in [5.41, 5.74) is 6.13. The third kappa shape index (κ3) is 4.56. The molecule has 3 N–H and O–H groups in total. The van der Waals surface area contributed by atoms with E-state index in [2.05, 4.69) is 9.97 Å². The van der Waals surface area contributed by atoms with Crippen molar-refractivity contribution in [3.63, 3.8) is 0 Å². The van der Waals surface area contributed by atoms with Gasteiger partial charge in [-0.05, 0) is 19.1 Å². The summed E-state index contributed by atoms with van der Waals surface area (Å²) >= 11 is 1.58. The minimum absolute atomic E-state index is 0.0472. The van der Waals surface area contributed by atoms with Gasteiger partial charge in [0.2, 0.25) is 5.91 Å². The highest BCUT2D eigenvalue weighted by molar-refractivity contribution is 7.98. The number of benzene rings is 1. The zero-order chi connectivity index (χ0) is 16.8. The Labute approximate surface area is 139 Å². The Morgan fingerprint density at radius 2 is 2.17 bits per heavy atom. The summed E-state index contributed by atoms with van der Waals surface area (Å²) in [4.78, 5) is 32.8. The van der Waals surface area contributed by atoms with Gasteiger partial charge in [-0.25, -0.2) is 4.98 Å². The highest BCUT2D eigenvalue weighted by Gasteiger charge is 2.13. The molecule has 1 heterocycles. The van der Waals surface area contributed by atoms with Crippen LogP contribution < -0.4 is 11.3 Å². The van der Waals surface area contributed by atoms with Crippen molar-refractivity contribution in [2.24, 2.45) is 5.73 Å². The number of thioether (sulfide) groups is 1. The lowest BCUT2D eigenvalue weighted by atomic mass is 10.2. The lowest BCUT2D eigenvalue weighted by Gasteiger charge is -2.23. The van der Waals surface area contributed by atoms with Crippen molar-refractivity contribution in [1.29, 1.82) is 0 Å². The molecule has 0 aliphatic heterocycles. The number of para-hydroxylation sites is 1. The van der Waals surface area contributed by atoms with Crippen molar-refractivity contribution >= 4 is 28.6 Å². The SMILES string of the molecule is CC(CN)N(C)C(=O)CCSCc1nc2ccccc2c(=O)[nH]1. The van der Waals surface area contributed by atoms with Crippen LogP contribution in [0.1, 0.15) is 19.2 Å². The number of aromatic amines is 1. The second-order valence-electron chi connectivity index (χ2n) is 5.42. The van der Waals surface area contributed by atoms with Crippen LogP contribution >= 0.6 is 11.8 Å². The number of fused-ring (bicyclic) bond motifs is 1. The van der Waals surface area contributed by atoms with E-state index in [9.17, 15) is 9.59 Å². The number of nitrogens with zero attached hydrogens (tertiary/aromatic N) is 2. The molecule has 124 valence electrons. The van der Waals surface area contributed by atoms with Crippen molar-refractivity contribution in [3.05, 3.63) is 40.4 Å². The van der Waals surface area contributed by atoms with Crippen LogP contribution in [-0.4, -0.2) is 46.2 Å². The number of aromatic nitrogens is 2. The van der Waals surface area contributed by atoms with Crippen LogP contribution in [0.5, 0.6) is 0 Å². The molecule has 2 rings (SSSR count). The number of hydrogen-bond donors (Lipinski definition) is 2. The first-order valence-electron chi connectivity index (χ1n) is 7.54. The number of H-pyrrole nitrogens is 1. The molecule has 0 aliphatic rings. The summed E-state index contributed by atoms with van der Waals surface area (Å²) in [5, 5.41) is 0.592. The summed E-state index contributed by atoms with van der Waals surface area (Å²) in [7, 11) is 1.77. The Bertz CT molecular complexity index is 731. The summed E-state index contributed by atoms with van der Waals surface area (Å²) in [5.74, 6) is 1.96. The molecular formula is C16H22N4O2S. The quantitative estimate of drug-likeness (QED) is 0.746. The Morgan fingerprint density at radius 1 is 1.43 bits per heavy atom. The molecule has 1 aromatic heterocycles. The molecule has 0 saturated carbocycles. The molecular weight excluding hydrogens is 312 g/mol. The Balaban J connectivity index is 1.87. The molecule has 0 fully saturated rings. The molecule has 0 bridgehead atoms. The van der Waals surface area contributed by atoms with Gasteiger partial charge >= 0.3 is 0 Å². The van der Waals surface area contributed by atoms with Gasteiger partial charge in [-0.1, -0.05) is 12.1 Å². The monoisotopic (exact) mass is 334 g/mol. The molecule has 0 aliphatic carbocycles. The fourth-order valence-corrected chi connectivity index (χ4v) is 2.91. The van der Waals surface area contributed by atoms with Gasteiger partial charge in [-0.3, -0.25) is 9.59 Å². The van der Waals surface area contributed by atoms with Crippen LogP contribution in [0.4, 0.5) is 0 Å². The fraction of sp³-hybridized carbons (Fsp3) is 0.438. The summed E-state index contributed by atoms with van der Waals surface area (Å²) < 4.78 is 0. The standard InChI is InChI=1S/C16H22N4O2S/c1-11(9-17)20(2)15(21)7-8-23-10-14-18-13-6-4-3-5-12(13)16(22)19-14/h3-6,11H,7-10,17H2,1-2H3,(H,18,19,22). The van der Waals surface area contributed by atoms with E-state index in [-0.39, 0.29) is 17.5 Å². The molecule has 6 nitrogen and oxygen atoms in total. The van der Waals surface area contributed by atoms with Crippen LogP contribution in [0, 0.1) is 0 Å². The maximum absolute atomic E-state index is 12.0. The largest absolute Gasteiger partial charge is 0.342 e. The van der Waals surface area contributed by atoms with Gasteiger partial charge in [-0.15, -0.1) is 0 Å². The molecule has 1 unspecified atom stereocenters. The normalized spacial score (nSPS) is 12.3. The number of nitrogens with two attached hydrogens (primary N) is 1. The fourth-order valence-electron chi connectivity index (χ4n) is 2.11. The van der Waals surface area contributed by atoms with Gasteiger partial charge in [0, 0.05) is 31.8 Å². The van der Waals surface area contributed by atoms with E-state index >= 15 is 0 Å². The number of rotatable bonds is 7. The molecule has 1 atom stereocenters. The van der Waals surface area contributed by atoms with E-state index in [0.29, 0.717) is 41.2 Å². The summed E-state index contributed by atoms with van der Waals surface area (Å²) in [6.07, 6.45) is 0.448. The van der Waals surface area contributed by atoms with Gasteiger partial charge in [0.25, 0.3) is 5.56 Å². The molecule has 0 saturated heterocycles. The van der Waals surface area contributed by atoms with Gasteiger partial charge in [-0.2, -0.15) is 11.8 Å². The third-order valence-electron chi connectivity index (χ3n) is 3.76. The molecule has 1 aromatic carbocycles. The van der Waals surface area contributed by atoms with E-state index in [1.807, 2.05) is 25.1 Å². The van der Waals surface area contributed by atoms with Crippen LogP contribution in [0.2, 0.25) is 0 Å². The maximum atomic E-state index is 12.0. The van der Waals surface area contributed by atoms with E-state index in [1.54, 1.807) is 29.8 Å². The van der Waals surface area contributed by atoms with Crippen molar-refractivity contribution in [3.8, 4) is 0 Å². The average molecular weight is 334 g/mol. The maximum Gasteiger partial charge on any atom is 0.258 e. The van der Waals surface area contributed by atoms with Gasteiger partial charge in [0.1, 0.15) is 5.82 Å². The predicted octanol–water partition coefficient (Wildman–Crippen LogP) is 1.35. The third-order valence-corrected chi connectivity index (χ3v) is 4.73. The number of carbonyl (C=O) groups is 1. The minimum Gasteiger partial charge on any atom is -0.342 e. The Kier molecular flexibility index (Phi) is 6.18. The highest BCUT2D eigenvalue weighted by atomic mass is 32.2. The van der Waals surface area contributed by atoms with Crippen LogP contribution in [0.3, 0.4) is 0 Å². The molecule has 23 heavy (non-hydrogen) atoms. The van der Waals surface area contributed by atoms with E-state index in [1.165, 1.54) is 0 Å². The Hall–Kier alpha value is -1.86. The minimum atomic E-state index is -0.126. The Morgan fingerprint density at radius 3 is 2.91 bits per heavy atom. The van der Waals surface area contributed by atoms with Crippen molar-refractivity contribution in [2.45, 2.75) is 25.1 Å². The first kappa shape index (κ1) is 17.5. The zero-order valence-electron chi connectivity index (χ0n) is 13.4. The molecule has 7 heteroatoms. The predicted molar refractivity (Wildman–Crippen MR) is 94.4 cm³/mol. The molecule has 0 spiro atoms. The molecule has 2 aromatic rings. The lowest BCUT2D eigenvalue weighted by molar-refractivity contribution is -0.131. The van der Waals surface area contributed by atoms with Crippen molar-refractivity contribution in [2.75, 3.05) is 19.3 Å². The first-order chi connectivity index (χ1) is 11.0. The second kappa shape index (κ2) is 8.12. The number of amides is 1. The smallest absolute Gasteiger partial charge is 0.258 e. The van der Waals surface area contributed by atoms with Gasteiger partial charge in [0.05, 0.1) is 16.7 Å². The van der Waals surface area contributed by atoms with E-state index < -0.39 is 0 Å². The summed E-state index contributed by atoms with van der Waals surface area (Å²) in [6, 6.07) is 7.30. The van der Waals surface area contributed by atoms with E-state index in [0.717, 1.165) is 0 Å². The molecule has 1 amide bonds. The topological polar surface area (TPSA) is 92.1 Å². The average Bonchev–Trinajstić information content (AvgIpc) is 2.57. The highest BCUT2D eigenvalue weighted by Crippen LogP contribution is 2.12. The second-order valence-corrected chi connectivity index (χ2v) is 6.53. The first-order valence-corrected chi connectivity index (χ1v) is 8.69. The number of likely N-dealkylation sites (N-methyl/N-ethyl adjacent to an activating group) is 1. The zero-order valence-corrected chi connectivity index (χ0v) is 14.2. The van der Waals surface area contributed by atoms with Gasteiger partial charge < -0.3 is 15.6 Å². The lowest BCUT2D eigenvalue weighted by Crippen LogP contribution is -2.39. The van der Waals surface area contributed by atoms with Crippen molar-refractivity contribution in [1.82, 2.24) is 14.9 Å². The van der Waals surface area contributed by atoms with Crippen LogP contribution in [0.15, 0.2) is 29.1 Å². The molecule has 0 radical (unpaired) electrons. The van der Waals surface area contributed by atoms with Crippen LogP contribution in [-0.2, 0) is 10.5 Å².